The minimum atomic E-state index is -1.29. The molecule has 4 aliphatic rings. The van der Waals surface area contributed by atoms with Gasteiger partial charge in [0.05, 0.1) is 58.2 Å². The van der Waals surface area contributed by atoms with Crippen LogP contribution in [0.15, 0.2) is 23.1 Å². The highest BCUT2D eigenvalue weighted by atomic mass is 32.1. The summed E-state index contributed by atoms with van der Waals surface area (Å²) in [6.07, 6.45) is 7.65. The highest BCUT2D eigenvalue weighted by Gasteiger charge is 2.53. The zero-order valence-electron chi connectivity index (χ0n) is 31.1. The molecule has 280 valence electrons. The Morgan fingerprint density at radius 1 is 1.10 bits per heavy atom. The monoisotopic (exact) mass is 725 g/mol. The molecule has 0 aromatic carbocycles. The van der Waals surface area contributed by atoms with Crippen LogP contribution in [0.4, 0.5) is 0 Å². The molecule has 1 aliphatic carbocycles. The van der Waals surface area contributed by atoms with E-state index in [4.69, 9.17) is 9.47 Å². The first-order valence-corrected chi connectivity index (χ1v) is 19.4. The normalized spacial score (nSPS) is 35.4. The molecule has 51 heavy (non-hydrogen) atoms. The van der Waals surface area contributed by atoms with Crippen molar-refractivity contribution in [2.45, 2.75) is 136 Å². The van der Waals surface area contributed by atoms with Crippen LogP contribution in [0.3, 0.4) is 0 Å². The molecule has 0 unspecified atom stereocenters. The summed E-state index contributed by atoms with van der Waals surface area (Å²) in [4.78, 5) is 71.1. The Labute approximate surface area is 305 Å². The number of hydrogen-bond acceptors (Lipinski definition) is 10. The van der Waals surface area contributed by atoms with Gasteiger partial charge in [0.1, 0.15) is 11.9 Å². The number of rotatable bonds is 6. The number of ketones is 1. The molecule has 1 saturated carbocycles. The third-order valence-corrected chi connectivity index (χ3v) is 12.6. The summed E-state index contributed by atoms with van der Waals surface area (Å²) in [5.74, 6) is -2.65. The summed E-state index contributed by atoms with van der Waals surface area (Å²) in [7, 11) is 0. The van der Waals surface area contributed by atoms with Crippen molar-refractivity contribution >= 4 is 46.9 Å². The van der Waals surface area contributed by atoms with Gasteiger partial charge in [0.25, 0.3) is 11.8 Å². The van der Waals surface area contributed by atoms with Crippen molar-refractivity contribution in [1.82, 2.24) is 15.2 Å². The van der Waals surface area contributed by atoms with E-state index in [1.807, 2.05) is 32.2 Å². The Bertz CT molecular complexity index is 1540. The van der Waals surface area contributed by atoms with Crippen molar-refractivity contribution in [2.24, 2.45) is 29.1 Å². The van der Waals surface area contributed by atoms with Gasteiger partial charge in [-0.2, -0.15) is 0 Å². The maximum atomic E-state index is 14.2. The number of aliphatic hydroxyl groups is 1. The molecule has 12 heteroatoms. The standard InChI is InChI=1S/C39H55N3O8S/c1-22-9-8-16-39(7)31(50-39)18-29(23(2)17-28-21-51-25(4)40-28)41-32(44)19-30(43)38(5,6)36(47)24(3)35(22)49-37(48)27-12-10-26(11-13-27)20-42-33(45)14-15-34(42)46/h14-15,17,21-22,24,26-27,29-31,35,43H,8-13,16,18-20H2,1-7H3,(H,41,44)/b23-17+/t22-,24+,26-,27-,29-,30-,31-,35-,39+/m0/s1. The number of aryl methyl sites for hydroxylation is 1. The Kier molecular flexibility index (Phi) is 12.1. The number of imide groups is 1. The molecule has 4 heterocycles. The van der Waals surface area contributed by atoms with Crippen molar-refractivity contribution in [3.8, 4) is 0 Å². The van der Waals surface area contributed by atoms with E-state index >= 15 is 0 Å². The number of aliphatic hydroxyl groups excluding tert-OH is 1. The number of aromatic nitrogens is 1. The number of fused-ring (bicyclic) bond motifs is 1. The van der Waals surface area contributed by atoms with Crippen LogP contribution in [0.1, 0.15) is 110 Å². The average molecular weight is 726 g/mol. The van der Waals surface area contributed by atoms with Crippen LogP contribution in [0.25, 0.3) is 6.08 Å². The summed E-state index contributed by atoms with van der Waals surface area (Å²) >= 11 is 1.56. The molecule has 7 atom stereocenters. The van der Waals surface area contributed by atoms with Gasteiger partial charge in [-0.1, -0.05) is 34.1 Å². The molecule has 3 amide bonds. The van der Waals surface area contributed by atoms with Crippen LogP contribution in [-0.4, -0.2) is 81.0 Å². The van der Waals surface area contributed by atoms with Crippen molar-refractivity contribution in [3.05, 3.63) is 33.8 Å². The van der Waals surface area contributed by atoms with Gasteiger partial charge in [0.2, 0.25) is 5.91 Å². The second kappa shape index (κ2) is 15.8. The van der Waals surface area contributed by atoms with Gasteiger partial charge in [0, 0.05) is 30.5 Å². The van der Waals surface area contributed by atoms with Crippen LogP contribution in [-0.2, 0) is 33.4 Å². The predicted octanol–water partition coefficient (Wildman–Crippen LogP) is 5.33. The lowest BCUT2D eigenvalue weighted by molar-refractivity contribution is -0.165. The van der Waals surface area contributed by atoms with Crippen molar-refractivity contribution in [3.63, 3.8) is 0 Å². The number of ether oxygens (including phenoxy) is 2. The SMILES string of the molecule is C/C(=C\c1csc(C)n1)[C@@H]1C[C@@H]2O[C@]2(C)CCC[C@H](C)[C@H](OC(=O)[C@H]2CC[C@H](CN3C(=O)C=CC3=O)CC2)[C@@H](C)C(=O)C(C)(C)[C@@H](O)CC(=O)N1. The quantitative estimate of drug-likeness (QED) is 0.225. The third-order valence-electron chi connectivity index (χ3n) is 11.8. The number of thiazole rings is 1. The van der Waals surface area contributed by atoms with Gasteiger partial charge in [0.15, 0.2) is 0 Å². The third kappa shape index (κ3) is 9.24. The van der Waals surface area contributed by atoms with E-state index in [2.05, 4.69) is 17.2 Å². The molecule has 2 saturated heterocycles. The van der Waals surface area contributed by atoms with E-state index < -0.39 is 23.5 Å². The molecule has 1 aromatic rings. The number of Topliss-reactive ketones (excluding diaryl/α,β-unsaturated/α-hetero) is 1. The van der Waals surface area contributed by atoms with Crippen molar-refractivity contribution in [1.29, 1.82) is 0 Å². The zero-order chi connectivity index (χ0) is 37.2. The maximum absolute atomic E-state index is 14.2. The summed E-state index contributed by atoms with van der Waals surface area (Å²) in [6.45, 7) is 13.4. The van der Waals surface area contributed by atoms with E-state index in [1.54, 1.807) is 32.1 Å². The number of nitrogens with zero attached hydrogens (tertiary/aromatic N) is 2. The molecule has 5 rings (SSSR count). The fraction of sp³-hybridized carbons (Fsp3) is 0.692. The van der Waals surface area contributed by atoms with E-state index in [1.165, 1.54) is 17.1 Å². The molecular formula is C39H55N3O8S. The van der Waals surface area contributed by atoms with E-state index in [0.29, 0.717) is 45.1 Å². The van der Waals surface area contributed by atoms with Gasteiger partial charge in [-0.05, 0) is 82.8 Å². The first-order valence-electron chi connectivity index (χ1n) is 18.5. The number of amides is 3. The summed E-state index contributed by atoms with van der Waals surface area (Å²) in [5.41, 5.74) is 0.128. The molecule has 1 aromatic heterocycles. The molecule has 0 bridgehead atoms. The average Bonchev–Trinajstić information content (AvgIpc) is 3.33. The lowest BCUT2D eigenvalue weighted by Gasteiger charge is -2.37. The maximum Gasteiger partial charge on any atom is 0.309 e. The van der Waals surface area contributed by atoms with Crippen LogP contribution >= 0.6 is 11.3 Å². The van der Waals surface area contributed by atoms with Crippen LogP contribution in [0, 0.1) is 36.0 Å². The van der Waals surface area contributed by atoms with Gasteiger partial charge >= 0.3 is 5.97 Å². The first kappa shape index (κ1) is 39.0. The minimum absolute atomic E-state index is 0.0601. The molecule has 0 spiro atoms. The molecule has 3 fully saturated rings. The topological polar surface area (TPSA) is 156 Å². The summed E-state index contributed by atoms with van der Waals surface area (Å²) in [5, 5.41) is 17.4. The van der Waals surface area contributed by atoms with Crippen LogP contribution in [0.5, 0.6) is 0 Å². The van der Waals surface area contributed by atoms with E-state index in [9.17, 15) is 29.1 Å². The number of carbonyl (C=O) groups is 5. The lowest BCUT2D eigenvalue weighted by atomic mass is 9.72. The summed E-state index contributed by atoms with van der Waals surface area (Å²) < 4.78 is 12.5. The van der Waals surface area contributed by atoms with Gasteiger partial charge in [-0.3, -0.25) is 28.9 Å². The Morgan fingerprint density at radius 2 is 1.76 bits per heavy atom. The Hall–Kier alpha value is -3.22. The molecule has 2 N–H and O–H groups in total. The largest absolute Gasteiger partial charge is 0.461 e. The van der Waals surface area contributed by atoms with Crippen molar-refractivity contribution in [2.75, 3.05) is 6.54 Å². The zero-order valence-corrected chi connectivity index (χ0v) is 31.9. The molecule has 3 aliphatic heterocycles. The summed E-state index contributed by atoms with van der Waals surface area (Å²) in [6, 6.07) is -0.329. The first-order chi connectivity index (χ1) is 24.0. The van der Waals surface area contributed by atoms with Gasteiger partial charge in [-0.15, -0.1) is 11.3 Å². The fourth-order valence-corrected chi connectivity index (χ4v) is 8.65. The molecule has 0 radical (unpaired) electrons. The Morgan fingerprint density at radius 3 is 2.39 bits per heavy atom. The van der Waals surface area contributed by atoms with Gasteiger partial charge in [-0.25, -0.2) is 4.98 Å². The number of esters is 1. The fourth-order valence-electron chi connectivity index (χ4n) is 8.08. The number of carbonyl (C=O) groups excluding carboxylic acids is 5. The predicted molar refractivity (Wildman–Crippen MR) is 193 cm³/mol. The lowest BCUT2D eigenvalue weighted by Crippen LogP contribution is -2.48. The van der Waals surface area contributed by atoms with Crippen LogP contribution < -0.4 is 5.32 Å². The van der Waals surface area contributed by atoms with E-state index in [0.717, 1.165) is 29.1 Å². The second-order valence-electron chi connectivity index (χ2n) is 16.2. The number of epoxide rings is 1. The van der Waals surface area contributed by atoms with Crippen molar-refractivity contribution < 1.29 is 38.6 Å². The molecular weight excluding hydrogens is 671 g/mol. The van der Waals surface area contributed by atoms with Gasteiger partial charge < -0.3 is 19.9 Å². The second-order valence-corrected chi connectivity index (χ2v) is 17.2. The Balaban J connectivity index is 1.28. The highest BCUT2D eigenvalue weighted by molar-refractivity contribution is 7.09. The number of hydrogen-bond donors (Lipinski definition) is 2. The number of nitrogens with one attached hydrogen (secondary N) is 1. The smallest absolute Gasteiger partial charge is 0.309 e. The minimum Gasteiger partial charge on any atom is -0.461 e. The van der Waals surface area contributed by atoms with E-state index in [-0.39, 0.29) is 71.4 Å². The van der Waals surface area contributed by atoms with Crippen LogP contribution in [0.2, 0.25) is 0 Å². The highest BCUT2D eigenvalue weighted by Crippen LogP contribution is 2.45. The molecule has 11 nitrogen and oxygen atoms in total.